The summed E-state index contributed by atoms with van der Waals surface area (Å²) in [5, 5.41) is 19.5. The number of halogens is 2. The molecule has 14 heteroatoms. The SMILES string of the molecule is CCc1c(S(=O)(=O)N(CC)c2ccc3c(c2)nc(CCc2ccc(C(=N)N)cc2)n3C)ccc(CCN)c1[N+](=O)[O-].Cl.Cl. The van der Waals surface area contributed by atoms with Gasteiger partial charge in [-0.1, -0.05) is 37.3 Å². The molecule has 3 aromatic carbocycles. The highest BCUT2D eigenvalue weighted by Gasteiger charge is 2.32. The molecule has 232 valence electrons. The van der Waals surface area contributed by atoms with Gasteiger partial charge >= 0.3 is 0 Å². The Morgan fingerprint density at radius 1 is 1.05 bits per heavy atom. The minimum absolute atomic E-state index is 0. The van der Waals surface area contributed by atoms with E-state index in [1.807, 2.05) is 41.9 Å². The van der Waals surface area contributed by atoms with Crippen molar-refractivity contribution in [2.45, 2.75) is 44.4 Å². The molecular weight excluding hydrogens is 613 g/mol. The van der Waals surface area contributed by atoms with Crippen LogP contribution in [0.5, 0.6) is 0 Å². The number of hydrogen-bond acceptors (Lipinski definition) is 7. The molecule has 1 aromatic heterocycles. The van der Waals surface area contributed by atoms with Crippen LogP contribution in [0.4, 0.5) is 11.4 Å². The number of anilines is 1. The van der Waals surface area contributed by atoms with Crippen LogP contribution in [0.2, 0.25) is 0 Å². The molecule has 0 saturated carbocycles. The van der Waals surface area contributed by atoms with E-state index in [0.29, 0.717) is 28.8 Å². The minimum atomic E-state index is -4.12. The Labute approximate surface area is 263 Å². The number of fused-ring (bicyclic) bond motifs is 1. The summed E-state index contributed by atoms with van der Waals surface area (Å²) in [4.78, 5) is 16.2. The number of nitrogen functional groups attached to an aromatic ring is 1. The van der Waals surface area contributed by atoms with Crippen molar-refractivity contribution in [1.29, 1.82) is 5.41 Å². The summed E-state index contributed by atoms with van der Waals surface area (Å²) in [5.41, 5.74) is 15.3. The van der Waals surface area contributed by atoms with Crippen LogP contribution in [0, 0.1) is 15.5 Å². The van der Waals surface area contributed by atoms with E-state index >= 15 is 0 Å². The molecule has 4 rings (SSSR count). The predicted octanol–water partition coefficient (Wildman–Crippen LogP) is 4.67. The fraction of sp³-hybridized carbons (Fsp3) is 0.310. The third-order valence-corrected chi connectivity index (χ3v) is 9.26. The van der Waals surface area contributed by atoms with Gasteiger partial charge in [-0.25, -0.2) is 13.4 Å². The number of nitrogens with zero attached hydrogens (tertiary/aromatic N) is 4. The molecule has 0 saturated heterocycles. The molecule has 0 amide bonds. The Bertz CT molecular complexity index is 1730. The van der Waals surface area contributed by atoms with Crippen LogP contribution >= 0.6 is 24.8 Å². The van der Waals surface area contributed by atoms with Crippen LogP contribution in [0.1, 0.15) is 41.9 Å². The molecule has 4 aromatic rings. The maximum atomic E-state index is 14.0. The van der Waals surface area contributed by atoms with Crippen LogP contribution in [0.15, 0.2) is 59.5 Å². The fourth-order valence-corrected chi connectivity index (χ4v) is 6.93. The van der Waals surface area contributed by atoms with Crippen LogP contribution < -0.4 is 15.8 Å². The molecule has 43 heavy (non-hydrogen) atoms. The average molecular weight is 651 g/mol. The maximum Gasteiger partial charge on any atom is 0.277 e. The van der Waals surface area contributed by atoms with Gasteiger partial charge in [-0.2, -0.15) is 0 Å². The summed E-state index contributed by atoms with van der Waals surface area (Å²) in [7, 11) is -2.20. The normalized spacial score (nSPS) is 11.1. The lowest BCUT2D eigenvalue weighted by molar-refractivity contribution is -0.386. The smallest absolute Gasteiger partial charge is 0.277 e. The first-order chi connectivity index (χ1) is 19.5. The fourth-order valence-electron chi connectivity index (χ4n) is 5.17. The summed E-state index contributed by atoms with van der Waals surface area (Å²) < 4.78 is 31.2. The van der Waals surface area contributed by atoms with Gasteiger partial charge in [-0.05, 0) is 62.6 Å². The second kappa shape index (κ2) is 14.6. The van der Waals surface area contributed by atoms with Gasteiger partial charge < -0.3 is 16.0 Å². The number of aryl methyl sites for hydroxylation is 3. The van der Waals surface area contributed by atoms with Crippen molar-refractivity contribution in [1.82, 2.24) is 9.55 Å². The first kappa shape index (κ1) is 35.5. The molecule has 0 radical (unpaired) electrons. The molecule has 0 unspecified atom stereocenters. The lowest BCUT2D eigenvalue weighted by Crippen LogP contribution is -2.31. The number of benzene rings is 3. The number of nitro benzene ring substituents is 1. The van der Waals surface area contributed by atoms with E-state index in [0.717, 1.165) is 23.3 Å². The number of nitrogens with two attached hydrogens (primary N) is 2. The molecular formula is C29H37Cl2N7O4S. The van der Waals surface area contributed by atoms with E-state index in [2.05, 4.69) is 0 Å². The molecule has 0 aliphatic rings. The zero-order valence-corrected chi connectivity index (χ0v) is 26.7. The van der Waals surface area contributed by atoms with Gasteiger partial charge in [0.05, 0.1) is 32.1 Å². The van der Waals surface area contributed by atoms with E-state index < -0.39 is 14.9 Å². The highest BCUT2D eigenvalue weighted by Crippen LogP contribution is 2.35. The Morgan fingerprint density at radius 3 is 2.28 bits per heavy atom. The Balaban J connectivity index is 0.00000323. The predicted molar refractivity (Wildman–Crippen MR) is 176 cm³/mol. The highest BCUT2D eigenvalue weighted by molar-refractivity contribution is 7.92. The minimum Gasteiger partial charge on any atom is -0.384 e. The molecule has 1 heterocycles. The van der Waals surface area contributed by atoms with E-state index in [1.165, 1.54) is 16.4 Å². The standard InChI is InChI=1S/C29H35N7O4S.2ClH/c1-4-23-26(14-11-20(16-17-30)28(23)36(37)38)41(39,40)35(5-2)22-12-13-25-24(18-22)33-27(34(25)3)15-8-19-6-9-21(10-7-19)29(31)32;;/h6-7,9-14,18H,4-5,8,15-17,30H2,1-3H3,(H3,31,32);2*1H. The van der Waals surface area contributed by atoms with Crippen molar-refractivity contribution in [3.05, 3.63) is 92.8 Å². The number of sulfonamides is 1. The van der Waals surface area contributed by atoms with Gasteiger partial charge in [0.25, 0.3) is 15.7 Å². The van der Waals surface area contributed by atoms with E-state index in [9.17, 15) is 18.5 Å². The first-order valence-electron chi connectivity index (χ1n) is 13.4. The summed E-state index contributed by atoms with van der Waals surface area (Å²) in [6.45, 7) is 3.79. The number of nitro groups is 1. The molecule has 0 spiro atoms. The number of aromatic nitrogens is 2. The Hall–Kier alpha value is -3.71. The number of hydrogen-bond donors (Lipinski definition) is 3. The average Bonchev–Trinajstić information content (AvgIpc) is 3.26. The van der Waals surface area contributed by atoms with Gasteiger partial charge in [-0.15, -0.1) is 24.8 Å². The van der Waals surface area contributed by atoms with Gasteiger partial charge in [0.2, 0.25) is 0 Å². The zero-order valence-electron chi connectivity index (χ0n) is 24.2. The monoisotopic (exact) mass is 649 g/mol. The largest absolute Gasteiger partial charge is 0.384 e. The van der Waals surface area contributed by atoms with E-state index in [4.69, 9.17) is 21.9 Å². The molecule has 5 N–H and O–H groups in total. The van der Waals surface area contributed by atoms with E-state index in [1.54, 1.807) is 26.0 Å². The van der Waals surface area contributed by atoms with Gasteiger partial charge in [0, 0.05) is 31.1 Å². The number of rotatable bonds is 12. The van der Waals surface area contributed by atoms with E-state index in [-0.39, 0.29) is 72.7 Å². The molecule has 0 aliphatic heterocycles. The Kier molecular flexibility index (Phi) is 12.1. The second-order valence-electron chi connectivity index (χ2n) is 9.74. The zero-order chi connectivity index (χ0) is 29.9. The highest BCUT2D eigenvalue weighted by atomic mass is 35.5. The lowest BCUT2D eigenvalue weighted by Gasteiger charge is -2.24. The summed E-state index contributed by atoms with van der Waals surface area (Å²) >= 11 is 0. The van der Waals surface area contributed by atoms with Crippen molar-refractivity contribution in [3.63, 3.8) is 0 Å². The summed E-state index contributed by atoms with van der Waals surface area (Å²) in [5.74, 6) is 0.872. The number of amidine groups is 1. The topological polar surface area (TPSA) is 174 Å². The van der Waals surface area contributed by atoms with Crippen molar-refractivity contribution >= 4 is 63.1 Å². The van der Waals surface area contributed by atoms with Crippen molar-refractivity contribution in [3.8, 4) is 0 Å². The molecule has 0 bridgehead atoms. The maximum absolute atomic E-state index is 14.0. The summed E-state index contributed by atoms with van der Waals surface area (Å²) in [6, 6.07) is 15.8. The van der Waals surface area contributed by atoms with Gasteiger partial charge in [0.15, 0.2) is 0 Å². The quantitative estimate of drug-likeness (QED) is 0.0864. The summed E-state index contributed by atoms with van der Waals surface area (Å²) in [6.07, 6.45) is 1.86. The van der Waals surface area contributed by atoms with Crippen molar-refractivity contribution < 1.29 is 13.3 Å². The van der Waals surface area contributed by atoms with Crippen molar-refractivity contribution in [2.75, 3.05) is 17.4 Å². The lowest BCUT2D eigenvalue weighted by atomic mass is 10.0. The third kappa shape index (κ3) is 7.10. The first-order valence-corrected chi connectivity index (χ1v) is 14.9. The van der Waals surface area contributed by atoms with Crippen LogP contribution in [-0.2, 0) is 42.8 Å². The van der Waals surface area contributed by atoms with Crippen molar-refractivity contribution in [2.24, 2.45) is 18.5 Å². The number of imidazole rings is 1. The third-order valence-electron chi connectivity index (χ3n) is 7.28. The van der Waals surface area contributed by atoms with Crippen LogP contribution in [0.3, 0.4) is 0 Å². The number of nitrogens with one attached hydrogen (secondary N) is 1. The Morgan fingerprint density at radius 2 is 1.72 bits per heavy atom. The van der Waals surface area contributed by atoms with Crippen LogP contribution in [-0.4, -0.2) is 41.8 Å². The van der Waals surface area contributed by atoms with Gasteiger partial charge in [0.1, 0.15) is 11.7 Å². The second-order valence-corrected chi connectivity index (χ2v) is 11.6. The van der Waals surface area contributed by atoms with Gasteiger partial charge in [-0.3, -0.25) is 19.8 Å². The molecule has 0 fully saturated rings. The molecule has 0 atom stereocenters. The van der Waals surface area contributed by atoms with Crippen LogP contribution in [0.25, 0.3) is 11.0 Å². The molecule has 0 aliphatic carbocycles. The molecule has 11 nitrogen and oxygen atoms in total.